The molecule has 4 rings (SSSR count). The van der Waals surface area contributed by atoms with E-state index >= 15 is 0 Å². The van der Waals surface area contributed by atoms with E-state index < -0.39 is 5.25 Å². The van der Waals surface area contributed by atoms with E-state index in [1.807, 2.05) is 79.9 Å². The highest BCUT2D eigenvalue weighted by molar-refractivity contribution is 8.00. The minimum Gasteiger partial charge on any atom is -0.326 e. The van der Waals surface area contributed by atoms with Crippen molar-refractivity contribution in [2.24, 2.45) is 5.92 Å². The number of hydrogen-bond acceptors (Lipinski definition) is 5. The van der Waals surface area contributed by atoms with Gasteiger partial charge in [0.25, 0.3) is 0 Å². The van der Waals surface area contributed by atoms with Gasteiger partial charge in [0.1, 0.15) is 0 Å². The Hall–Kier alpha value is -3.42. The standard InChI is InChI=1S/C27H25ClN4O2S/c1-17(2)26(34)29-22-13-9-19(10-14-22)24(33)18(3)35-27-31-30-25(20-7-5-4-6-8-20)32(27)23-15-11-21(28)12-16-23/h4-18H,1-3H3,(H,29,34). The Morgan fingerprint density at radius 1 is 0.886 bits per heavy atom. The molecule has 8 heteroatoms. The topological polar surface area (TPSA) is 76.9 Å². The van der Waals surface area contributed by atoms with Gasteiger partial charge in [0.15, 0.2) is 16.8 Å². The van der Waals surface area contributed by atoms with Gasteiger partial charge in [-0.25, -0.2) is 0 Å². The lowest BCUT2D eigenvalue weighted by molar-refractivity contribution is -0.118. The molecule has 0 bridgehead atoms. The highest BCUT2D eigenvalue weighted by Crippen LogP contribution is 2.31. The Balaban J connectivity index is 1.59. The minimum absolute atomic E-state index is 0.0383. The van der Waals surface area contributed by atoms with Crippen molar-refractivity contribution in [2.75, 3.05) is 5.32 Å². The fourth-order valence-corrected chi connectivity index (χ4v) is 4.46. The number of amides is 1. The molecule has 0 aliphatic heterocycles. The largest absolute Gasteiger partial charge is 0.326 e. The number of carbonyl (C=O) groups is 2. The molecular weight excluding hydrogens is 480 g/mol. The summed E-state index contributed by atoms with van der Waals surface area (Å²) in [5.41, 5.74) is 2.99. The predicted molar refractivity (Wildman–Crippen MR) is 141 cm³/mol. The Labute approximate surface area is 213 Å². The van der Waals surface area contributed by atoms with E-state index in [0.717, 1.165) is 11.3 Å². The summed E-state index contributed by atoms with van der Waals surface area (Å²) >= 11 is 7.45. The zero-order valence-electron chi connectivity index (χ0n) is 19.6. The molecule has 0 saturated carbocycles. The molecule has 0 aliphatic rings. The summed E-state index contributed by atoms with van der Waals surface area (Å²) in [5.74, 6) is 0.458. The molecule has 1 aromatic heterocycles. The number of rotatable bonds is 8. The molecule has 1 N–H and O–H groups in total. The van der Waals surface area contributed by atoms with Crippen molar-refractivity contribution in [2.45, 2.75) is 31.2 Å². The first-order chi connectivity index (χ1) is 16.8. The average molecular weight is 505 g/mol. The zero-order chi connectivity index (χ0) is 24.9. The van der Waals surface area contributed by atoms with Crippen LogP contribution in [0.2, 0.25) is 5.02 Å². The summed E-state index contributed by atoms with van der Waals surface area (Å²) in [6.45, 7) is 5.51. The van der Waals surface area contributed by atoms with Gasteiger partial charge >= 0.3 is 0 Å². The molecule has 35 heavy (non-hydrogen) atoms. The third-order valence-electron chi connectivity index (χ3n) is 5.36. The first-order valence-corrected chi connectivity index (χ1v) is 12.5. The summed E-state index contributed by atoms with van der Waals surface area (Å²) in [4.78, 5) is 25.1. The molecule has 0 saturated heterocycles. The van der Waals surface area contributed by atoms with Gasteiger partial charge in [0.05, 0.1) is 5.25 Å². The van der Waals surface area contributed by atoms with Crippen LogP contribution >= 0.6 is 23.4 Å². The summed E-state index contributed by atoms with van der Waals surface area (Å²) in [6.07, 6.45) is 0. The highest BCUT2D eigenvalue weighted by atomic mass is 35.5. The number of ketones is 1. The number of Topliss-reactive ketones (excluding diaryl/α,β-unsaturated/α-hetero) is 1. The van der Waals surface area contributed by atoms with Crippen LogP contribution in [0.4, 0.5) is 5.69 Å². The quantitative estimate of drug-likeness (QED) is 0.217. The molecular formula is C27H25ClN4O2S. The van der Waals surface area contributed by atoms with Gasteiger partial charge in [-0.15, -0.1) is 10.2 Å². The third kappa shape index (κ3) is 5.81. The van der Waals surface area contributed by atoms with Crippen molar-refractivity contribution >= 4 is 40.7 Å². The lowest BCUT2D eigenvalue weighted by Gasteiger charge is -2.14. The van der Waals surface area contributed by atoms with E-state index in [0.29, 0.717) is 27.3 Å². The van der Waals surface area contributed by atoms with Gasteiger partial charge in [0, 0.05) is 33.4 Å². The number of nitrogens with one attached hydrogen (secondary N) is 1. The summed E-state index contributed by atoms with van der Waals surface area (Å²) < 4.78 is 1.94. The number of anilines is 1. The lowest BCUT2D eigenvalue weighted by Crippen LogP contribution is -2.18. The second kappa shape index (κ2) is 10.9. The van der Waals surface area contributed by atoms with Crippen LogP contribution in [0.3, 0.4) is 0 Å². The van der Waals surface area contributed by atoms with Crippen LogP contribution in [-0.2, 0) is 4.79 Å². The monoisotopic (exact) mass is 504 g/mol. The highest BCUT2D eigenvalue weighted by Gasteiger charge is 2.23. The molecule has 6 nitrogen and oxygen atoms in total. The van der Waals surface area contributed by atoms with Crippen molar-refractivity contribution in [3.8, 4) is 17.1 Å². The van der Waals surface area contributed by atoms with E-state index in [-0.39, 0.29) is 17.6 Å². The SMILES string of the molecule is CC(C)C(=O)Nc1ccc(C(=O)C(C)Sc2nnc(-c3ccccc3)n2-c2ccc(Cl)cc2)cc1. The molecule has 0 fully saturated rings. The summed E-state index contributed by atoms with van der Waals surface area (Å²) in [5, 5.41) is 12.5. The predicted octanol–water partition coefficient (Wildman–Crippen LogP) is 6.55. The van der Waals surface area contributed by atoms with E-state index in [9.17, 15) is 9.59 Å². The van der Waals surface area contributed by atoms with E-state index in [2.05, 4.69) is 15.5 Å². The normalized spacial score (nSPS) is 11.9. The summed E-state index contributed by atoms with van der Waals surface area (Å²) in [7, 11) is 0. The molecule has 1 amide bonds. The van der Waals surface area contributed by atoms with E-state index in [1.54, 1.807) is 24.3 Å². The number of hydrogen-bond donors (Lipinski definition) is 1. The van der Waals surface area contributed by atoms with Crippen molar-refractivity contribution in [1.29, 1.82) is 0 Å². The Bertz CT molecular complexity index is 1320. The number of halogens is 1. The third-order valence-corrected chi connectivity index (χ3v) is 6.66. The molecule has 1 heterocycles. The lowest BCUT2D eigenvalue weighted by atomic mass is 10.1. The van der Waals surface area contributed by atoms with Gasteiger partial charge in [-0.2, -0.15) is 0 Å². The first-order valence-electron chi connectivity index (χ1n) is 11.2. The molecule has 1 unspecified atom stereocenters. The van der Waals surface area contributed by atoms with Crippen LogP contribution in [-0.4, -0.2) is 31.7 Å². The molecule has 0 aliphatic carbocycles. The maximum absolute atomic E-state index is 13.2. The molecule has 1 atom stereocenters. The number of aromatic nitrogens is 3. The van der Waals surface area contributed by atoms with Gasteiger partial charge in [-0.1, -0.05) is 67.5 Å². The molecule has 3 aromatic carbocycles. The fourth-order valence-electron chi connectivity index (χ4n) is 3.39. The van der Waals surface area contributed by atoms with Gasteiger partial charge in [-0.3, -0.25) is 14.2 Å². The van der Waals surface area contributed by atoms with Gasteiger partial charge < -0.3 is 5.32 Å². The van der Waals surface area contributed by atoms with Crippen LogP contribution in [0.5, 0.6) is 0 Å². The number of nitrogens with zero attached hydrogens (tertiary/aromatic N) is 3. The smallest absolute Gasteiger partial charge is 0.226 e. The summed E-state index contributed by atoms with van der Waals surface area (Å²) in [6, 6.07) is 24.2. The van der Waals surface area contributed by atoms with Crippen LogP contribution in [0.25, 0.3) is 17.1 Å². The zero-order valence-corrected chi connectivity index (χ0v) is 21.2. The minimum atomic E-state index is -0.412. The number of carbonyl (C=O) groups excluding carboxylic acids is 2. The van der Waals surface area contributed by atoms with E-state index in [4.69, 9.17) is 11.6 Å². The van der Waals surface area contributed by atoms with Crippen molar-refractivity contribution in [1.82, 2.24) is 14.8 Å². The number of benzene rings is 3. The average Bonchev–Trinajstić information content (AvgIpc) is 3.28. The molecule has 0 spiro atoms. The molecule has 4 aromatic rings. The second-order valence-corrected chi connectivity index (χ2v) is 10.1. The molecule has 178 valence electrons. The van der Waals surface area contributed by atoms with Crippen LogP contribution in [0, 0.1) is 5.92 Å². The van der Waals surface area contributed by atoms with E-state index in [1.165, 1.54) is 11.8 Å². The van der Waals surface area contributed by atoms with Gasteiger partial charge in [0.2, 0.25) is 5.91 Å². The van der Waals surface area contributed by atoms with Crippen LogP contribution in [0.15, 0.2) is 84.0 Å². The maximum atomic E-state index is 13.2. The van der Waals surface area contributed by atoms with Gasteiger partial charge in [-0.05, 0) is 55.5 Å². The van der Waals surface area contributed by atoms with Crippen molar-refractivity contribution in [3.63, 3.8) is 0 Å². The first kappa shape index (κ1) is 24.7. The Morgan fingerprint density at radius 3 is 2.17 bits per heavy atom. The van der Waals surface area contributed by atoms with Crippen LogP contribution in [0.1, 0.15) is 31.1 Å². The fraction of sp³-hybridized carbons (Fsp3) is 0.185. The molecule has 0 radical (unpaired) electrons. The maximum Gasteiger partial charge on any atom is 0.226 e. The van der Waals surface area contributed by atoms with Crippen LogP contribution < -0.4 is 5.32 Å². The number of thioether (sulfide) groups is 1. The Kier molecular flexibility index (Phi) is 7.68. The Morgan fingerprint density at radius 2 is 1.54 bits per heavy atom. The van der Waals surface area contributed by atoms with Crippen molar-refractivity contribution < 1.29 is 9.59 Å². The van der Waals surface area contributed by atoms with Crippen molar-refractivity contribution in [3.05, 3.63) is 89.4 Å². The second-order valence-electron chi connectivity index (χ2n) is 8.33.